The molecule has 1 nitrogen and oxygen atoms in total. The molecule has 0 aromatic heterocycles. The third-order valence-electron chi connectivity index (χ3n) is 2.96. The van der Waals surface area contributed by atoms with Gasteiger partial charge in [-0.25, -0.2) is 0 Å². The summed E-state index contributed by atoms with van der Waals surface area (Å²) >= 11 is 5.56. The average Bonchev–Trinajstić information content (AvgIpc) is 2.35. The van der Waals surface area contributed by atoms with Gasteiger partial charge in [0.2, 0.25) is 0 Å². The Hall–Kier alpha value is 0.01000. The van der Waals surface area contributed by atoms with Gasteiger partial charge in [0, 0.05) is 15.4 Å². The highest BCUT2D eigenvalue weighted by Crippen LogP contribution is 2.31. The molecule has 1 aromatic carbocycles. The highest BCUT2D eigenvalue weighted by molar-refractivity contribution is 9.10. The first-order valence-electron chi connectivity index (χ1n) is 6.84. The Morgan fingerprint density at radius 3 is 2.72 bits per heavy atom. The maximum absolute atomic E-state index is 3.57. The summed E-state index contributed by atoms with van der Waals surface area (Å²) in [7, 11) is 0. The molecular weight excluding hydrogens is 306 g/mol. The number of nitrogens with one attached hydrogen (secondary N) is 1. The molecule has 1 unspecified atom stereocenters. The highest BCUT2D eigenvalue weighted by atomic mass is 79.9. The Morgan fingerprint density at radius 2 is 2.06 bits per heavy atom. The van der Waals surface area contributed by atoms with E-state index < -0.39 is 0 Å². The molecule has 0 heterocycles. The van der Waals surface area contributed by atoms with Crippen LogP contribution < -0.4 is 5.32 Å². The average molecular weight is 330 g/mol. The van der Waals surface area contributed by atoms with Crippen molar-refractivity contribution in [3.05, 3.63) is 28.2 Å². The monoisotopic (exact) mass is 329 g/mol. The predicted octanol–water partition coefficient (Wildman–Crippen LogP) is 5.40. The van der Waals surface area contributed by atoms with E-state index in [2.05, 4.69) is 60.2 Å². The zero-order chi connectivity index (χ0) is 13.4. The fraction of sp³-hybridized carbons (Fsp3) is 0.600. The van der Waals surface area contributed by atoms with Gasteiger partial charge in [-0.2, -0.15) is 0 Å². The number of halogens is 1. The van der Waals surface area contributed by atoms with E-state index in [1.807, 2.05) is 11.8 Å². The predicted molar refractivity (Wildman–Crippen MR) is 86.5 cm³/mol. The van der Waals surface area contributed by atoms with Crippen LogP contribution in [0.15, 0.2) is 27.6 Å². The van der Waals surface area contributed by atoms with Crippen LogP contribution in [0.4, 0.5) is 0 Å². The maximum atomic E-state index is 3.57. The summed E-state index contributed by atoms with van der Waals surface area (Å²) in [6.45, 7) is 7.66. The Labute approximate surface area is 124 Å². The highest BCUT2D eigenvalue weighted by Gasteiger charge is 2.10. The smallest absolute Gasteiger partial charge is 0.0302 e. The Kier molecular flexibility index (Phi) is 8.03. The standard InChI is InChI=1S/C15H24BrNS/c1-4-6-7-10-18-15-11-13(16)8-9-14(15)12(3)17-5-2/h8-9,11-12,17H,4-7,10H2,1-3H3. The summed E-state index contributed by atoms with van der Waals surface area (Å²) in [5, 5.41) is 3.49. The number of rotatable bonds is 8. The molecule has 0 saturated carbocycles. The molecule has 0 saturated heterocycles. The third-order valence-corrected chi connectivity index (χ3v) is 4.61. The topological polar surface area (TPSA) is 12.0 Å². The van der Waals surface area contributed by atoms with Crippen LogP contribution in [-0.4, -0.2) is 12.3 Å². The van der Waals surface area contributed by atoms with E-state index in [1.54, 1.807) is 0 Å². The Bertz CT molecular complexity index is 354. The van der Waals surface area contributed by atoms with Crippen LogP contribution in [0, 0.1) is 0 Å². The van der Waals surface area contributed by atoms with Crippen molar-refractivity contribution < 1.29 is 0 Å². The lowest BCUT2D eigenvalue weighted by atomic mass is 10.1. The van der Waals surface area contributed by atoms with Crippen LogP contribution in [-0.2, 0) is 0 Å². The van der Waals surface area contributed by atoms with Crippen molar-refractivity contribution in [2.24, 2.45) is 0 Å². The first-order chi connectivity index (χ1) is 8.69. The molecule has 0 fully saturated rings. The van der Waals surface area contributed by atoms with Crippen molar-refractivity contribution in [1.29, 1.82) is 0 Å². The number of benzene rings is 1. The van der Waals surface area contributed by atoms with Gasteiger partial charge in [0.15, 0.2) is 0 Å². The third kappa shape index (κ3) is 5.33. The molecule has 18 heavy (non-hydrogen) atoms. The SMILES string of the molecule is CCCCCSc1cc(Br)ccc1C(C)NCC. The molecule has 0 aliphatic heterocycles. The number of unbranched alkanes of at least 4 members (excludes halogenated alkanes) is 2. The van der Waals surface area contributed by atoms with Gasteiger partial charge in [-0.3, -0.25) is 0 Å². The number of thioether (sulfide) groups is 1. The fourth-order valence-electron chi connectivity index (χ4n) is 1.94. The summed E-state index contributed by atoms with van der Waals surface area (Å²) in [4.78, 5) is 1.41. The van der Waals surface area contributed by atoms with Gasteiger partial charge >= 0.3 is 0 Å². The second-order valence-electron chi connectivity index (χ2n) is 4.52. The summed E-state index contributed by atoms with van der Waals surface area (Å²) in [5.74, 6) is 1.22. The lowest BCUT2D eigenvalue weighted by Gasteiger charge is -2.17. The largest absolute Gasteiger partial charge is 0.310 e. The molecule has 1 aromatic rings. The van der Waals surface area contributed by atoms with Crippen LogP contribution >= 0.6 is 27.7 Å². The van der Waals surface area contributed by atoms with Gasteiger partial charge in [-0.05, 0) is 43.3 Å². The second-order valence-corrected chi connectivity index (χ2v) is 6.57. The molecule has 1 rings (SSSR count). The normalized spacial score (nSPS) is 12.7. The number of hydrogen-bond acceptors (Lipinski definition) is 2. The van der Waals surface area contributed by atoms with Crippen LogP contribution in [0.5, 0.6) is 0 Å². The van der Waals surface area contributed by atoms with Crippen LogP contribution in [0.1, 0.15) is 51.6 Å². The Balaban J connectivity index is 2.70. The lowest BCUT2D eigenvalue weighted by molar-refractivity contribution is 0.589. The van der Waals surface area contributed by atoms with Gasteiger partial charge < -0.3 is 5.32 Å². The van der Waals surface area contributed by atoms with Gasteiger partial charge in [-0.1, -0.05) is 48.7 Å². The van der Waals surface area contributed by atoms with E-state index in [0.717, 1.165) is 6.54 Å². The van der Waals surface area contributed by atoms with Crippen molar-refractivity contribution in [3.63, 3.8) is 0 Å². The van der Waals surface area contributed by atoms with E-state index in [4.69, 9.17) is 0 Å². The minimum atomic E-state index is 0.428. The van der Waals surface area contributed by atoms with Crippen LogP contribution in [0.3, 0.4) is 0 Å². The molecule has 102 valence electrons. The molecule has 0 aliphatic rings. The first-order valence-corrected chi connectivity index (χ1v) is 8.62. The molecule has 1 N–H and O–H groups in total. The second kappa shape index (κ2) is 9.00. The van der Waals surface area contributed by atoms with Crippen molar-refractivity contribution in [2.75, 3.05) is 12.3 Å². The first kappa shape index (κ1) is 16.1. The summed E-state index contributed by atoms with van der Waals surface area (Å²) in [5.41, 5.74) is 1.42. The molecule has 0 amide bonds. The summed E-state index contributed by atoms with van der Waals surface area (Å²) in [6.07, 6.45) is 3.93. The van der Waals surface area contributed by atoms with Crippen molar-refractivity contribution >= 4 is 27.7 Å². The molecule has 0 aliphatic carbocycles. The van der Waals surface area contributed by atoms with Crippen molar-refractivity contribution in [3.8, 4) is 0 Å². The molecule has 0 bridgehead atoms. The summed E-state index contributed by atoms with van der Waals surface area (Å²) < 4.78 is 1.17. The van der Waals surface area contributed by atoms with Gasteiger partial charge in [0.1, 0.15) is 0 Å². The van der Waals surface area contributed by atoms with E-state index in [-0.39, 0.29) is 0 Å². The summed E-state index contributed by atoms with van der Waals surface area (Å²) in [6, 6.07) is 7.05. The van der Waals surface area contributed by atoms with Crippen molar-refractivity contribution in [1.82, 2.24) is 5.32 Å². The zero-order valence-electron chi connectivity index (χ0n) is 11.6. The molecule has 0 radical (unpaired) electrons. The van der Waals surface area contributed by atoms with E-state index in [1.165, 1.54) is 39.9 Å². The zero-order valence-corrected chi connectivity index (χ0v) is 14.0. The molecule has 0 spiro atoms. The fourth-order valence-corrected chi connectivity index (χ4v) is 3.64. The quantitative estimate of drug-likeness (QED) is 0.506. The van der Waals surface area contributed by atoms with Crippen LogP contribution in [0.2, 0.25) is 0 Å². The van der Waals surface area contributed by atoms with E-state index >= 15 is 0 Å². The molecular formula is C15H24BrNS. The van der Waals surface area contributed by atoms with Gasteiger partial charge in [0.25, 0.3) is 0 Å². The maximum Gasteiger partial charge on any atom is 0.0302 e. The van der Waals surface area contributed by atoms with Gasteiger partial charge in [-0.15, -0.1) is 11.8 Å². The minimum absolute atomic E-state index is 0.428. The van der Waals surface area contributed by atoms with Gasteiger partial charge in [0.05, 0.1) is 0 Å². The minimum Gasteiger partial charge on any atom is -0.310 e. The van der Waals surface area contributed by atoms with Crippen molar-refractivity contribution in [2.45, 2.75) is 51.0 Å². The molecule has 3 heteroatoms. The number of hydrogen-bond donors (Lipinski definition) is 1. The van der Waals surface area contributed by atoms with E-state index in [9.17, 15) is 0 Å². The lowest BCUT2D eigenvalue weighted by Crippen LogP contribution is -2.18. The molecule has 1 atom stereocenters. The Morgan fingerprint density at radius 1 is 1.28 bits per heavy atom. The van der Waals surface area contributed by atoms with E-state index in [0.29, 0.717) is 6.04 Å². The van der Waals surface area contributed by atoms with Crippen LogP contribution in [0.25, 0.3) is 0 Å².